The van der Waals surface area contributed by atoms with Crippen molar-refractivity contribution in [3.63, 3.8) is 0 Å². The third kappa shape index (κ3) is 3.33. The van der Waals surface area contributed by atoms with E-state index in [0.717, 1.165) is 28.0 Å². The second kappa shape index (κ2) is 6.55. The van der Waals surface area contributed by atoms with Gasteiger partial charge in [0.05, 0.1) is 22.9 Å². The lowest BCUT2D eigenvalue weighted by atomic mass is 9.99. The molecule has 0 fully saturated rings. The maximum absolute atomic E-state index is 11.7. The number of ether oxygens (including phenoxy) is 1. The number of fused-ring (bicyclic) bond motifs is 1. The zero-order valence-corrected chi connectivity index (χ0v) is 14.8. The van der Waals surface area contributed by atoms with E-state index >= 15 is 0 Å². The molecule has 0 bridgehead atoms. The average molecular weight is 335 g/mol. The molecule has 2 aromatic carbocycles. The highest BCUT2D eigenvalue weighted by Gasteiger charge is 2.15. The lowest BCUT2D eigenvalue weighted by molar-refractivity contribution is 0.0699. The van der Waals surface area contributed by atoms with Gasteiger partial charge < -0.3 is 9.84 Å². The van der Waals surface area contributed by atoms with Crippen LogP contribution in [0.25, 0.3) is 22.2 Å². The van der Waals surface area contributed by atoms with E-state index in [-0.39, 0.29) is 11.7 Å². The van der Waals surface area contributed by atoms with Crippen LogP contribution in [0.2, 0.25) is 0 Å². The Balaban J connectivity index is 2.16. The SMILES string of the molecule is Cc1ccc2c(C(=O)O)cc(-c3ccc(OC(C)C)cc3)nc2c1C. The zero-order valence-electron chi connectivity index (χ0n) is 14.8. The van der Waals surface area contributed by atoms with Crippen molar-refractivity contribution in [1.82, 2.24) is 4.98 Å². The predicted molar refractivity (Wildman–Crippen MR) is 99.4 cm³/mol. The van der Waals surface area contributed by atoms with Crippen LogP contribution >= 0.6 is 0 Å². The Hall–Kier alpha value is -2.88. The van der Waals surface area contributed by atoms with Crippen molar-refractivity contribution in [1.29, 1.82) is 0 Å². The molecule has 25 heavy (non-hydrogen) atoms. The van der Waals surface area contributed by atoms with Crippen LogP contribution in [0.3, 0.4) is 0 Å². The van der Waals surface area contributed by atoms with Gasteiger partial charge >= 0.3 is 5.97 Å². The van der Waals surface area contributed by atoms with Crippen LogP contribution in [0.4, 0.5) is 0 Å². The van der Waals surface area contributed by atoms with Crippen molar-refractivity contribution < 1.29 is 14.6 Å². The number of hydrogen-bond donors (Lipinski definition) is 1. The number of benzene rings is 2. The maximum atomic E-state index is 11.7. The molecule has 0 saturated heterocycles. The summed E-state index contributed by atoms with van der Waals surface area (Å²) in [6.45, 7) is 7.92. The van der Waals surface area contributed by atoms with Crippen molar-refractivity contribution in [2.45, 2.75) is 33.8 Å². The molecular formula is C21H21NO3. The van der Waals surface area contributed by atoms with Gasteiger partial charge in [0, 0.05) is 10.9 Å². The molecule has 0 radical (unpaired) electrons. The molecule has 1 aromatic heterocycles. The van der Waals surface area contributed by atoms with Gasteiger partial charge in [-0.3, -0.25) is 0 Å². The topological polar surface area (TPSA) is 59.4 Å². The van der Waals surface area contributed by atoms with E-state index in [1.165, 1.54) is 0 Å². The van der Waals surface area contributed by atoms with Crippen LogP contribution in [-0.2, 0) is 0 Å². The molecule has 0 amide bonds. The van der Waals surface area contributed by atoms with Crippen molar-refractivity contribution in [3.8, 4) is 17.0 Å². The number of carboxylic acid groups (broad SMARTS) is 1. The van der Waals surface area contributed by atoms with Crippen LogP contribution < -0.4 is 4.74 Å². The van der Waals surface area contributed by atoms with Gasteiger partial charge in [-0.2, -0.15) is 0 Å². The van der Waals surface area contributed by atoms with Gasteiger partial charge in [0.2, 0.25) is 0 Å². The van der Waals surface area contributed by atoms with E-state index in [1.54, 1.807) is 6.07 Å². The van der Waals surface area contributed by atoms with E-state index in [9.17, 15) is 9.90 Å². The smallest absolute Gasteiger partial charge is 0.336 e. The Labute approximate surface area is 147 Å². The third-order valence-corrected chi connectivity index (χ3v) is 4.26. The molecule has 0 atom stereocenters. The molecule has 0 aliphatic heterocycles. The van der Waals surface area contributed by atoms with Gasteiger partial charge in [0.25, 0.3) is 0 Å². The van der Waals surface area contributed by atoms with E-state index in [0.29, 0.717) is 11.1 Å². The summed E-state index contributed by atoms with van der Waals surface area (Å²) in [5.74, 6) is -0.165. The summed E-state index contributed by atoms with van der Waals surface area (Å²) in [6.07, 6.45) is 0.105. The molecule has 4 heteroatoms. The predicted octanol–water partition coefficient (Wildman–Crippen LogP) is 5.00. The highest BCUT2D eigenvalue weighted by molar-refractivity contribution is 6.04. The first kappa shape index (κ1) is 17.0. The largest absolute Gasteiger partial charge is 0.491 e. The molecule has 0 unspecified atom stereocenters. The third-order valence-electron chi connectivity index (χ3n) is 4.26. The number of aromatic nitrogens is 1. The molecule has 4 nitrogen and oxygen atoms in total. The quantitative estimate of drug-likeness (QED) is 0.728. The number of aryl methyl sites for hydroxylation is 2. The highest BCUT2D eigenvalue weighted by Crippen LogP contribution is 2.29. The van der Waals surface area contributed by atoms with E-state index in [1.807, 2.05) is 64.1 Å². The summed E-state index contributed by atoms with van der Waals surface area (Å²) in [5, 5.41) is 10.3. The summed E-state index contributed by atoms with van der Waals surface area (Å²) in [4.78, 5) is 16.5. The first-order valence-electron chi connectivity index (χ1n) is 8.28. The molecule has 0 aliphatic carbocycles. The number of carboxylic acids is 1. The Bertz CT molecular complexity index is 944. The summed E-state index contributed by atoms with van der Waals surface area (Å²) in [5.41, 5.74) is 4.61. The first-order valence-corrected chi connectivity index (χ1v) is 8.28. The fourth-order valence-electron chi connectivity index (χ4n) is 2.83. The normalized spacial score (nSPS) is 11.1. The van der Waals surface area contributed by atoms with Gasteiger partial charge in [-0.1, -0.05) is 12.1 Å². The Morgan fingerprint density at radius 1 is 1.08 bits per heavy atom. The number of rotatable bonds is 4. The molecule has 3 aromatic rings. The fraction of sp³-hybridized carbons (Fsp3) is 0.238. The first-order chi connectivity index (χ1) is 11.9. The minimum atomic E-state index is -0.948. The van der Waals surface area contributed by atoms with Gasteiger partial charge in [-0.15, -0.1) is 0 Å². The molecule has 1 heterocycles. The van der Waals surface area contributed by atoms with Gasteiger partial charge in [-0.05, 0) is 69.2 Å². The highest BCUT2D eigenvalue weighted by atomic mass is 16.5. The molecular weight excluding hydrogens is 314 g/mol. The molecule has 0 spiro atoms. The monoisotopic (exact) mass is 335 g/mol. The van der Waals surface area contributed by atoms with Crippen molar-refractivity contribution >= 4 is 16.9 Å². The number of hydrogen-bond acceptors (Lipinski definition) is 3. The summed E-state index contributed by atoms with van der Waals surface area (Å²) in [7, 11) is 0. The van der Waals surface area contributed by atoms with Crippen LogP contribution in [-0.4, -0.2) is 22.2 Å². The lowest BCUT2D eigenvalue weighted by Crippen LogP contribution is -2.05. The number of aromatic carboxylic acids is 1. The molecule has 128 valence electrons. The Kier molecular flexibility index (Phi) is 4.45. The molecule has 0 aliphatic rings. The zero-order chi connectivity index (χ0) is 18.1. The number of pyridine rings is 1. The van der Waals surface area contributed by atoms with Crippen molar-refractivity contribution in [3.05, 3.63) is 59.2 Å². The van der Waals surface area contributed by atoms with Crippen LogP contribution in [0.15, 0.2) is 42.5 Å². The van der Waals surface area contributed by atoms with Crippen molar-refractivity contribution in [2.24, 2.45) is 0 Å². The number of nitrogens with zero attached hydrogens (tertiary/aromatic N) is 1. The average Bonchev–Trinajstić information content (AvgIpc) is 2.57. The Morgan fingerprint density at radius 2 is 1.76 bits per heavy atom. The standard InChI is InChI=1S/C21H21NO3/c1-12(2)25-16-8-6-15(7-9-16)19-11-18(21(23)24)17-10-5-13(3)14(4)20(17)22-19/h5-12H,1-4H3,(H,23,24). The van der Waals surface area contributed by atoms with Gasteiger partial charge in [0.1, 0.15) is 5.75 Å². The van der Waals surface area contributed by atoms with Gasteiger partial charge in [-0.25, -0.2) is 9.78 Å². The van der Waals surface area contributed by atoms with Crippen LogP contribution in [0, 0.1) is 13.8 Å². The Morgan fingerprint density at radius 3 is 2.36 bits per heavy atom. The number of carbonyl (C=O) groups is 1. The molecule has 3 rings (SSSR count). The summed E-state index contributed by atoms with van der Waals surface area (Å²) in [6, 6.07) is 13.0. The van der Waals surface area contributed by atoms with Gasteiger partial charge in [0.15, 0.2) is 0 Å². The van der Waals surface area contributed by atoms with E-state index in [2.05, 4.69) is 0 Å². The summed E-state index contributed by atoms with van der Waals surface area (Å²) < 4.78 is 5.66. The lowest BCUT2D eigenvalue weighted by Gasteiger charge is -2.12. The second-order valence-corrected chi connectivity index (χ2v) is 6.45. The minimum Gasteiger partial charge on any atom is -0.491 e. The summed E-state index contributed by atoms with van der Waals surface area (Å²) >= 11 is 0. The minimum absolute atomic E-state index is 0.105. The molecule has 0 saturated carbocycles. The molecule has 1 N–H and O–H groups in total. The maximum Gasteiger partial charge on any atom is 0.336 e. The van der Waals surface area contributed by atoms with E-state index in [4.69, 9.17) is 9.72 Å². The van der Waals surface area contributed by atoms with Crippen LogP contribution in [0.5, 0.6) is 5.75 Å². The van der Waals surface area contributed by atoms with E-state index < -0.39 is 5.97 Å². The second-order valence-electron chi connectivity index (χ2n) is 6.45. The van der Waals surface area contributed by atoms with Crippen LogP contribution in [0.1, 0.15) is 35.3 Å². The van der Waals surface area contributed by atoms with Crippen molar-refractivity contribution in [2.75, 3.05) is 0 Å². The fourth-order valence-corrected chi connectivity index (χ4v) is 2.83.